The van der Waals surface area contributed by atoms with Crippen molar-refractivity contribution in [1.29, 1.82) is 0 Å². The van der Waals surface area contributed by atoms with Gasteiger partial charge < -0.3 is 0 Å². The van der Waals surface area contributed by atoms with E-state index in [2.05, 4.69) is 32.4 Å². The molecule has 0 radical (unpaired) electrons. The average molecular weight is 336 g/mol. The highest BCUT2D eigenvalue weighted by atomic mass is 79.9. The van der Waals surface area contributed by atoms with E-state index >= 15 is 0 Å². The summed E-state index contributed by atoms with van der Waals surface area (Å²) < 4.78 is 14.0. The van der Waals surface area contributed by atoms with E-state index in [-0.39, 0.29) is 17.8 Å². The maximum absolute atomic E-state index is 13.2. The molecule has 1 heterocycles. The van der Waals surface area contributed by atoms with Crippen LogP contribution in [0.5, 0.6) is 0 Å². The van der Waals surface area contributed by atoms with Gasteiger partial charge in [0, 0.05) is 22.3 Å². The van der Waals surface area contributed by atoms with Crippen molar-refractivity contribution in [1.82, 2.24) is 10.4 Å². The van der Waals surface area contributed by atoms with Gasteiger partial charge in [-0.1, -0.05) is 28.1 Å². The van der Waals surface area contributed by atoms with E-state index in [9.17, 15) is 4.39 Å². The van der Waals surface area contributed by atoms with Crippen molar-refractivity contribution in [3.05, 3.63) is 63.6 Å². The van der Waals surface area contributed by atoms with Gasteiger partial charge in [0.15, 0.2) is 0 Å². The minimum Gasteiger partial charge on any atom is -0.271 e. The molecule has 5 heteroatoms. The van der Waals surface area contributed by atoms with Crippen LogP contribution >= 0.6 is 15.9 Å². The van der Waals surface area contributed by atoms with Crippen molar-refractivity contribution >= 4 is 15.9 Å². The Hall–Kier alpha value is -1.30. The SMILES string of the molecule is NNC(c1ccc(F)cc1Br)C1CCc2cccnc21. The second-order valence-corrected chi connectivity index (χ2v) is 5.86. The highest BCUT2D eigenvalue weighted by Gasteiger charge is 2.32. The van der Waals surface area contributed by atoms with Gasteiger partial charge >= 0.3 is 0 Å². The molecule has 1 aromatic heterocycles. The third kappa shape index (κ3) is 2.37. The summed E-state index contributed by atoms with van der Waals surface area (Å²) in [6.45, 7) is 0. The Labute approximate surface area is 125 Å². The molecule has 3 N–H and O–H groups in total. The second-order valence-electron chi connectivity index (χ2n) is 5.00. The Morgan fingerprint density at radius 3 is 3.00 bits per heavy atom. The molecule has 104 valence electrons. The molecule has 1 aromatic carbocycles. The van der Waals surface area contributed by atoms with Crippen LogP contribution in [0.4, 0.5) is 4.39 Å². The van der Waals surface area contributed by atoms with E-state index in [1.54, 1.807) is 6.07 Å². The van der Waals surface area contributed by atoms with Gasteiger partial charge in [-0.15, -0.1) is 0 Å². The topological polar surface area (TPSA) is 50.9 Å². The lowest BCUT2D eigenvalue weighted by atomic mass is 9.91. The maximum atomic E-state index is 13.2. The minimum atomic E-state index is -0.263. The molecule has 0 saturated carbocycles. The van der Waals surface area contributed by atoms with Gasteiger partial charge in [0.05, 0.1) is 6.04 Å². The van der Waals surface area contributed by atoms with Crippen LogP contribution in [-0.4, -0.2) is 4.98 Å². The molecule has 0 aliphatic heterocycles. The van der Waals surface area contributed by atoms with Crippen molar-refractivity contribution in [2.24, 2.45) is 5.84 Å². The van der Waals surface area contributed by atoms with E-state index in [0.717, 1.165) is 28.6 Å². The van der Waals surface area contributed by atoms with Crippen LogP contribution in [0.1, 0.15) is 35.2 Å². The number of rotatable bonds is 3. The predicted octanol–water partition coefficient (Wildman–Crippen LogP) is 3.22. The van der Waals surface area contributed by atoms with Crippen molar-refractivity contribution in [2.75, 3.05) is 0 Å². The summed E-state index contributed by atoms with van der Waals surface area (Å²) in [5.74, 6) is 5.70. The van der Waals surface area contributed by atoms with Gasteiger partial charge in [-0.05, 0) is 42.2 Å². The number of nitrogens with zero attached hydrogens (tertiary/aromatic N) is 1. The van der Waals surface area contributed by atoms with E-state index in [1.807, 2.05) is 12.3 Å². The van der Waals surface area contributed by atoms with Crippen molar-refractivity contribution < 1.29 is 4.39 Å². The Balaban J connectivity index is 1.99. The molecule has 1 aliphatic carbocycles. The predicted molar refractivity (Wildman–Crippen MR) is 79.5 cm³/mol. The van der Waals surface area contributed by atoms with Crippen LogP contribution in [0, 0.1) is 5.82 Å². The van der Waals surface area contributed by atoms with Crippen molar-refractivity contribution in [3.63, 3.8) is 0 Å². The highest BCUT2D eigenvalue weighted by molar-refractivity contribution is 9.10. The molecule has 0 fully saturated rings. The van der Waals surface area contributed by atoms with E-state index < -0.39 is 0 Å². The summed E-state index contributed by atoms with van der Waals surface area (Å²) in [7, 11) is 0. The van der Waals surface area contributed by atoms with Gasteiger partial charge in [-0.25, -0.2) is 4.39 Å². The summed E-state index contributed by atoms with van der Waals surface area (Å²) in [6.07, 6.45) is 3.81. The van der Waals surface area contributed by atoms with Gasteiger partial charge in [0.25, 0.3) is 0 Å². The highest BCUT2D eigenvalue weighted by Crippen LogP contribution is 2.41. The van der Waals surface area contributed by atoms with Crippen molar-refractivity contribution in [2.45, 2.75) is 24.8 Å². The third-order valence-corrected chi connectivity index (χ3v) is 4.57. The summed E-state index contributed by atoms with van der Waals surface area (Å²) >= 11 is 3.42. The molecule has 1 aliphatic rings. The molecule has 3 rings (SSSR count). The lowest BCUT2D eigenvalue weighted by Gasteiger charge is -2.24. The fourth-order valence-electron chi connectivity index (χ4n) is 2.94. The Kier molecular flexibility index (Phi) is 3.83. The Morgan fingerprint density at radius 1 is 1.40 bits per heavy atom. The molecule has 0 amide bonds. The number of aromatic nitrogens is 1. The first-order valence-electron chi connectivity index (χ1n) is 6.55. The molecule has 2 aromatic rings. The summed E-state index contributed by atoms with van der Waals surface area (Å²) in [5, 5.41) is 0. The number of aryl methyl sites for hydroxylation is 1. The lowest BCUT2D eigenvalue weighted by molar-refractivity contribution is 0.445. The summed E-state index contributed by atoms with van der Waals surface area (Å²) in [4.78, 5) is 4.50. The number of nitrogens with two attached hydrogens (primary N) is 1. The van der Waals surface area contributed by atoms with Crippen LogP contribution in [0.25, 0.3) is 0 Å². The second kappa shape index (κ2) is 5.60. The monoisotopic (exact) mass is 335 g/mol. The lowest BCUT2D eigenvalue weighted by Crippen LogP contribution is -2.32. The molecule has 2 unspecified atom stereocenters. The average Bonchev–Trinajstić information content (AvgIpc) is 2.86. The standard InChI is InChI=1S/C15H15BrFN3/c16-13-8-10(17)4-6-11(13)15(20-18)12-5-3-9-2-1-7-19-14(9)12/h1-2,4,6-8,12,15,20H,3,5,18H2. The van der Waals surface area contributed by atoms with Crippen LogP contribution in [0.3, 0.4) is 0 Å². The van der Waals surface area contributed by atoms with Gasteiger partial charge in [0.1, 0.15) is 5.82 Å². The molecular formula is C15H15BrFN3. The molecule has 0 saturated heterocycles. The number of hydrazine groups is 1. The molecule has 2 atom stereocenters. The molecule has 0 bridgehead atoms. The van der Waals surface area contributed by atoms with Crippen LogP contribution in [0.15, 0.2) is 41.0 Å². The van der Waals surface area contributed by atoms with E-state index in [0.29, 0.717) is 0 Å². The minimum absolute atomic E-state index is 0.0823. The molecule has 20 heavy (non-hydrogen) atoms. The number of hydrogen-bond acceptors (Lipinski definition) is 3. The molecule has 0 spiro atoms. The first kappa shape index (κ1) is 13.7. The van der Waals surface area contributed by atoms with Crippen LogP contribution < -0.4 is 11.3 Å². The third-order valence-electron chi connectivity index (χ3n) is 3.88. The fourth-order valence-corrected chi connectivity index (χ4v) is 3.54. The number of pyridine rings is 1. The number of fused-ring (bicyclic) bond motifs is 1. The first-order chi connectivity index (χ1) is 9.70. The van der Waals surface area contributed by atoms with E-state index in [1.165, 1.54) is 17.7 Å². The van der Waals surface area contributed by atoms with Crippen LogP contribution in [-0.2, 0) is 6.42 Å². The quantitative estimate of drug-likeness (QED) is 0.668. The summed E-state index contributed by atoms with van der Waals surface area (Å²) in [6, 6.07) is 8.67. The smallest absolute Gasteiger partial charge is 0.124 e. The Bertz CT molecular complexity index is 632. The maximum Gasteiger partial charge on any atom is 0.124 e. The van der Waals surface area contributed by atoms with Gasteiger partial charge in [-0.3, -0.25) is 16.3 Å². The van der Waals surface area contributed by atoms with Gasteiger partial charge in [0.2, 0.25) is 0 Å². The van der Waals surface area contributed by atoms with Crippen LogP contribution in [0.2, 0.25) is 0 Å². The number of benzene rings is 1. The molecule has 3 nitrogen and oxygen atoms in total. The summed E-state index contributed by atoms with van der Waals surface area (Å²) in [5.41, 5.74) is 6.19. The normalized spacial score (nSPS) is 18.9. The van der Waals surface area contributed by atoms with Crippen molar-refractivity contribution in [3.8, 4) is 0 Å². The zero-order chi connectivity index (χ0) is 14.1. The fraction of sp³-hybridized carbons (Fsp3) is 0.267. The Morgan fingerprint density at radius 2 is 2.25 bits per heavy atom. The van der Waals surface area contributed by atoms with Gasteiger partial charge in [-0.2, -0.15) is 0 Å². The molecular weight excluding hydrogens is 321 g/mol. The zero-order valence-electron chi connectivity index (χ0n) is 10.8. The number of hydrogen-bond donors (Lipinski definition) is 2. The largest absolute Gasteiger partial charge is 0.271 e. The van der Waals surface area contributed by atoms with E-state index in [4.69, 9.17) is 5.84 Å². The number of nitrogens with one attached hydrogen (secondary N) is 1. The number of halogens is 2. The first-order valence-corrected chi connectivity index (χ1v) is 7.35. The zero-order valence-corrected chi connectivity index (χ0v) is 12.4.